The Morgan fingerprint density at radius 3 is 2.90 bits per heavy atom. The van der Waals surface area contributed by atoms with Crippen molar-refractivity contribution in [3.8, 4) is 0 Å². The number of esters is 1. The van der Waals surface area contributed by atoms with Crippen LogP contribution in [0.15, 0.2) is 6.07 Å². The van der Waals surface area contributed by atoms with Crippen molar-refractivity contribution >= 4 is 35.1 Å². The summed E-state index contributed by atoms with van der Waals surface area (Å²) in [6.45, 7) is 1.14. The van der Waals surface area contributed by atoms with Crippen molar-refractivity contribution in [2.75, 3.05) is 26.8 Å². The van der Waals surface area contributed by atoms with Crippen LogP contribution in [0, 0.1) is 0 Å². The van der Waals surface area contributed by atoms with Crippen molar-refractivity contribution in [3.63, 3.8) is 0 Å². The number of amides is 1. The summed E-state index contributed by atoms with van der Waals surface area (Å²) in [4.78, 5) is 27.8. The van der Waals surface area contributed by atoms with Gasteiger partial charge in [0.25, 0.3) is 5.91 Å². The van der Waals surface area contributed by atoms with Crippen molar-refractivity contribution in [3.05, 3.63) is 21.9 Å². The molecule has 1 aromatic heterocycles. The lowest BCUT2D eigenvalue weighted by Gasteiger charge is -2.32. The summed E-state index contributed by atoms with van der Waals surface area (Å²) in [7, 11) is 1.32. The third-order valence-electron chi connectivity index (χ3n) is 3.00. The van der Waals surface area contributed by atoms with Gasteiger partial charge in [-0.1, -0.05) is 23.2 Å². The SMILES string of the molecule is COC(=O)CC1CN(C(=O)c2cc(Cl)c(Cl)[nH]2)CCO1. The molecule has 2 rings (SSSR count). The van der Waals surface area contributed by atoms with Crippen LogP contribution in [0.1, 0.15) is 16.9 Å². The van der Waals surface area contributed by atoms with E-state index >= 15 is 0 Å². The van der Waals surface area contributed by atoms with Gasteiger partial charge in [0, 0.05) is 13.1 Å². The zero-order valence-electron chi connectivity index (χ0n) is 10.8. The lowest BCUT2D eigenvalue weighted by Crippen LogP contribution is -2.46. The lowest BCUT2D eigenvalue weighted by atomic mass is 10.2. The molecule has 1 saturated heterocycles. The number of halogens is 2. The molecule has 0 saturated carbocycles. The van der Waals surface area contributed by atoms with Crippen LogP contribution < -0.4 is 0 Å². The van der Waals surface area contributed by atoms with Gasteiger partial charge in [0.2, 0.25) is 0 Å². The quantitative estimate of drug-likeness (QED) is 0.861. The number of aromatic nitrogens is 1. The molecular weight excluding hydrogens is 307 g/mol. The zero-order chi connectivity index (χ0) is 14.7. The first-order valence-electron chi connectivity index (χ1n) is 6.03. The fraction of sp³-hybridized carbons (Fsp3) is 0.500. The molecule has 1 unspecified atom stereocenters. The maximum Gasteiger partial charge on any atom is 0.308 e. The van der Waals surface area contributed by atoms with Crippen molar-refractivity contribution in [1.29, 1.82) is 0 Å². The molecule has 0 bridgehead atoms. The standard InChI is InChI=1S/C12H14Cl2N2O4/c1-19-10(17)4-7-6-16(2-3-20-7)12(18)9-5-8(13)11(14)15-9/h5,7,15H,2-4,6H2,1H3. The second kappa shape index (κ2) is 6.47. The Kier molecular flexibility index (Phi) is 4.91. The Bertz CT molecular complexity index is 498. The predicted molar refractivity (Wildman–Crippen MR) is 73.1 cm³/mol. The van der Waals surface area contributed by atoms with Crippen molar-refractivity contribution < 1.29 is 19.1 Å². The van der Waals surface area contributed by atoms with Crippen molar-refractivity contribution in [2.45, 2.75) is 12.5 Å². The molecule has 20 heavy (non-hydrogen) atoms. The van der Waals surface area contributed by atoms with Gasteiger partial charge in [0.1, 0.15) is 10.8 Å². The third-order valence-corrected chi connectivity index (χ3v) is 3.70. The molecule has 6 nitrogen and oxygen atoms in total. The highest BCUT2D eigenvalue weighted by molar-refractivity contribution is 6.41. The van der Waals surface area contributed by atoms with Crippen LogP contribution >= 0.6 is 23.2 Å². The number of aromatic amines is 1. The summed E-state index contributed by atoms with van der Waals surface area (Å²) >= 11 is 11.6. The molecule has 1 aliphatic heterocycles. The van der Waals surface area contributed by atoms with E-state index in [-0.39, 0.29) is 29.6 Å². The lowest BCUT2D eigenvalue weighted by molar-refractivity contribution is -0.145. The van der Waals surface area contributed by atoms with Gasteiger partial charge in [-0.2, -0.15) is 0 Å². The van der Waals surface area contributed by atoms with E-state index in [0.717, 1.165) is 0 Å². The minimum Gasteiger partial charge on any atom is -0.469 e. The largest absolute Gasteiger partial charge is 0.469 e. The van der Waals surface area contributed by atoms with Gasteiger partial charge in [0.15, 0.2) is 0 Å². The van der Waals surface area contributed by atoms with Gasteiger partial charge in [-0.05, 0) is 6.07 Å². The number of H-pyrrole nitrogens is 1. The molecular formula is C12H14Cl2N2O4. The number of nitrogens with zero attached hydrogens (tertiary/aromatic N) is 1. The number of methoxy groups -OCH3 is 1. The van der Waals surface area contributed by atoms with Crippen LogP contribution in [0.3, 0.4) is 0 Å². The maximum atomic E-state index is 12.3. The van der Waals surface area contributed by atoms with Gasteiger partial charge < -0.3 is 19.4 Å². The molecule has 110 valence electrons. The molecule has 1 aromatic rings. The highest BCUT2D eigenvalue weighted by Gasteiger charge is 2.28. The van der Waals surface area contributed by atoms with E-state index in [0.29, 0.717) is 30.4 Å². The average molecular weight is 321 g/mol. The molecule has 0 spiro atoms. The molecule has 1 aliphatic rings. The summed E-state index contributed by atoms with van der Waals surface area (Å²) in [6, 6.07) is 1.48. The van der Waals surface area contributed by atoms with Crippen LogP contribution in [-0.2, 0) is 14.3 Å². The van der Waals surface area contributed by atoms with Gasteiger partial charge in [0.05, 0.1) is 31.3 Å². The Hall–Kier alpha value is -1.24. The molecule has 0 aromatic carbocycles. The molecule has 1 N–H and O–H groups in total. The monoisotopic (exact) mass is 320 g/mol. The first-order valence-corrected chi connectivity index (χ1v) is 6.78. The molecule has 1 amide bonds. The van der Waals surface area contributed by atoms with Crippen LogP contribution in [0.4, 0.5) is 0 Å². The van der Waals surface area contributed by atoms with Gasteiger partial charge >= 0.3 is 5.97 Å². The van der Waals surface area contributed by atoms with E-state index in [2.05, 4.69) is 9.72 Å². The van der Waals surface area contributed by atoms with E-state index in [4.69, 9.17) is 27.9 Å². The van der Waals surface area contributed by atoms with Crippen LogP contribution in [0.5, 0.6) is 0 Å². The number of nitrogens with one attached hydrogen (secondary N) is 1. The first-order chi connectivity index (χ1) is 9.51. The zero-order valence-corrected chi connectivity index (χ0v) is 12.3. The Labute approximate surface area is 125 Å². The Morgan fingerprint density at radius 1 is 1.55 bits per heavy atom. The maximum absolute atomic E-state index is 12.3. The molecule has 0 aliphatic carbocycles. The van der Waals surface area contributed by atoms with Gasteiger partial charge in [-0.3, -0.25) is 9.59 Å². The second-order valence-corrected chi connectivity index (χ2v) is 5.15. The molecule has 2 heterocycles. The average Bonchev–Trinajstić information content (AvgIpc) is 2.78. The Balaban J connectivity index is 2.01. The highest BCUT2D eigenvalue weighted by atomic mass is 35.5. The smallest absolute Gasteiger partial charge is 0.308 e. The minimum atomic E-state index is -0.365. The number of ether oxygens (including phenoxy) is 2. The van der Waals surface area contributed by atoms with E-state index < -0.39 is 0 Å². The molecule has 1 atom stereocenters. The summed E-state index contributed by atoms with van der Waals surface area (Å²) in [5, 5.41) is 0.531. The topological polar surface area (TPSA) is 71.6 Å². The number of hydrogen-bond acceptors (Lipinski definition) is 4. The summed E-state index contributed by atoms with van der Waals surface area (Å²) in [6.07, 6.45) is -0.243. The normalized spacial score (nSPS) is 18.9. The summed E-state index contributed by atoms with van der Waals surface area (Å²) < 4.78 is 10.0. The first kappa shape index (κ1) is 15.2. The van der Waals surface area contributed by atoms with Crippen molar-refractivity contribution in [1.82, 2.24) is 9.88 Å². The predicted octanol–water partition coefficient (Wildman–Crippen LogP) is 1.73. The molecule has 8 heteroatoms. The van der Waals surface area contributed by atoms with Crippen LogP contribution in [-0.4, -0.2) is 54.7 Å². The minimum absolute atomic E-state index is 0.118. The summed E-state index contributed by atoms with van der Waals surface area (Å²) in [5.41, 5.74) is 0.318. The number of hydrogen-bond donors (Lipinski definition) is 1. The van der Waals surface area contributed by atoms with E-state index in [1.54, 1.807) is 4.90 Å². The highest BCUT2D eigenvalue weighted by Crippen LogP contribution is 2.23. The second-order valence-electron chi connectivity index (χ2n) is 4.37. The van der Waals surface area contributed by atoms with E-state index in [1.165, 1.54) is 13.2 Å². The third kappa shape index (κ3) is 3.45. The Morgan fingerprint density at radius 2 is 2.30 bits per heavy atom. The molecule has 1 fully saturated rings. The van der Waals surface area contributed by atoms with Gasteiger partial charge in [-0.15, -0.1) is 0 Å². The van der Waals surface area contributed by atoms with E-state index in [9.17, 15) is 9.59 Å². The van der Waals surface area contributed by atoms with Crippen LogP contribution in [0.25, 0.3) is 0 Å². The van der Waals surface area contributed by atoms with Crippen molar-refractivity contribution in [2.24, 2.45) is 0 Å². The number of carbonyl (C=O) groups excluding carboxylic acids is 2. The number of rotatable bonds is 3. The van der Waals surface area contributed by atoms with Gasteiger partial charge in [-0.25, -0.2) is 0 Å². The summed E-state index contributed by atoms with van der Waals surface area (Å²) in [5.74, 6) is -0.591. The van der Waals surface area contributed by atoms with E-state index in [1.807, 2.05) is 0 Å². The number of carbonyl (C=O) groups is 2. The number of morpholine rings is 1. The van der Waals surface area contributed by atoms with Crippen LogP contribution in [0.2, 0.25) is 10.2 Å². The molecule has 0 radical (unpaired) electrons. The fourth-order valence-electron chi connectivity index (χ4n) is 1.99. The fourth-order valence-corrected chi connectivity index (χ4v) is 2.30.